The van der Waals surface area contributed by atoms with E-state index in [0.717, 1.165) is 51.4 Å². The minimum absolute atomic E-state index is 0. The smallest absolute Gasteiger partial charge is 0.550 e. The van der Waals surface area contributed by atoms with Crippen LogP contribution >= 0.6 is 0 Å². The van der Waals surface area contributed by atoms with Gasteiger partial charge in [0.05, 0.1) is 0 Å². The van der Waals surface area contributed by atoms with Crippen LogP contribution in [0, 0.1) is 0 Å². The number of carboxylic acid groups (broad SMARTS) is 2. The number of aliphatic carboxylic acids is 2. The van der Waals surface area contributed by atoms with E-state index in [1.807, 2.05) is 0 Å². The quantitative estimate of drug-likeness (QED) is 0.337. The SMILES string of the molecule is CCCCCCC(F)CC(=O)[O-].CCCCCCC(F)CC(=O)[O-].[Ca+2]. The maximum atomic E-state index is 12.7. The molecule has 144 valence electrons. The van der Waals surface area contributed by atoms with Gasteiger partial charge in [0.1, 0.15) is 12.3 Å². The molecule has 0 aliphatic heterocycles. The summed E-state index contributed by atoms with van der Waals surface area (Å²) in [5, 5.41) is 19.9. The van der Waals surface area contributed by atoms with Crippen molar-refractivity contribution in [1.29, 1.82) is 0 Å². The fourth-order valence-electron chi connectivity index (χ4n) is 2.15. The predicted molar refractivity (Wildman–Crippen MR) is 92.3 cm³/mol. The van der Waals surface area contributed by atoms with E-state index in [9.17, 15) is 28.6 Å². The zero-order chi connectivity index (χ0) is 18.8. The first kappa shape index (κ1) is 29.8. The van der Waals surface area contributed by atoms with E-state index in [0.29, 0.717) is 12.8 Å². The molecule has 0 rings (SSSR count). The van der Waals surface area contributed by atoms with Crippen LogP contribution in [0.1, 0.15) is 90.9 Å². The van der Waals surface area contributed by atoms with Crippen LogP contribution in [0.15, 0.2) is 0 Å². The Morgan fingerprint density at radius 3 is 1.28 bits per heavy atom. The average Bonchev–Trinajstić information content (AvgIpc) is 2.47. The van der Waals surface area contributed by atoms with Gasteiger partial charge in [-0.05, 0) is 12.8 Å². The molecule has 4 nitrogen and oxygen atoms in total. The number of hydrogen-bond donors (Lipinski definition) is 0. The zero-order valence-corrected chi connectivity index (χ0v) is 17.9. The number of carbonyl (C=O) groups excluding carboxylic acids is 2. The number of halogens is 2. The van der Waals surface area contributed by atoms with Crippen LogP contribution in [0.2, 0.25) is 0 Å². The minimum Gasteiger partial charge on any atom is -0.550 e. The third-order valence-corrected chi connectivity index (χ3v) is 3.52. The Kier molecular flexibility index (Phi) is 26.4. The summed E-state index contributed by atoms with van der Waals surface area (Å²) in [4.78, 5) is 19.9. The van der Waals surface area contributed by atoms with Crippen LogP contribution in [0.5, 0.6) is 0 Å². The van der Waals surface area contributed by atoms with Gasteiger partial charge in [-0.25, -0.2) is 8.78 Å². The Hall–Kier alpha value is 0.0597. The van der Waals surface area contributed by atoms with E-state index in [2.05, 4.69) is 13.8 Å². The molecule has 0 radical (unpaired) electrons. The van der Waals surface area contributed by atoms with Gasteiger partial charge in [0.25, 0.3) is 0 Å². The van der Waals surface area contributed by atoms with Gasteiger partial charge in [-0.2, -0.15) is 0 Å². The van der Waals surface area contributed by atoms with Gasteiger partial charge in [0.2, 0.25) is 0 Å². The summed E-state index contributed by atoms with van der Waals surface area (Å²) >= 11 is 0. The van der Waals surface area contributed by atoms with Crippen LogP contribution in [0.4, 0.5) is 8.78 Å². The predicted octanol–water partition coefficient (Wildman–Crippen LogP) is 2.49. The number of hydrogen-bond acceptors (Lipinski definition) is 4. The van der Waals surface area contributed by atoms with Crippen LogP contribution in [0.3, 0.4) is 0 Å². The fraction of sp³-hybridized carbons (Fsp3) is 0.889. The Morgan fingerprint density at radius 1 is 0.720 bits per heavy atom. The van der Waals surface area contributed by atoms with Crippen LogP contribution < -0.4 is 10.2 Å². The van der Waals surface area contributed by atoms with Gasteiger partial charge >= 0.3 is 37.7 Å². The molecule has 0 fully saturated rings. The van der Waals surface area contributed by atoms with Crippen molar-refractivity contribution in [2.24, 2.45) is 0 Å². The molecule has 0 aromatic heterocycles. The van der Waals surface area contributed by atoms with Crippen LogP contribution in [-0.4, -0.2) is 62.0 Å². The second kappa shape index (κ2) is 22.1. The number of rotatable bonds is 14. The average molecular weight is 391 g/mol. The van der Waals surface area contributed by atoms with E-state index < -0.39 is 37.1 Å². The first-order valence-corrected chi connectivity index (χ1v) is 9.01. The number of carbonyl (C=O) groups is 2. The maximum Gasteiger partial charge on any atom is 2.00 e. The van der Waals surface area contributed by atoms with Crippen molar-refractivity contribution in [2.75, 3.05) is 0 Å². The Morgan fingerprint density at radius 2 is 1.04 bits per heavy atom. The van der Waals surface area contributed by atoms with Crippen molar-refractivity contribution in [1.82, 2.24) is 0 Å². The second-order valence-electron chi connectivity index (χ2n) is 6.05. The largest absolute Gasteiger partial charge is 2.00 e. The first-order chi connectivity index (χ1) is 11.3. The molecule has 0 aromatic carbocycles. The van der Waals surface area contributed by atoms with Crippen molar-refractivity contribution >= 4 is 49.7 Å². The van der Waals surface area contributed by atoms with E-state index in [-0.39, 0.29) is 37.7 Å². The monoisotopic (exact) mass is 390 g/mol. The summed E-state index contributed by atoms with van der Waals surface area (Å²) in [5.41, 5.74) is 0. The van der Waals surface area contributed by atoms with Gasteiger partial charge in [0.15, 0.2) is 0 Å². The molecule has 0 aliphatic rings. The van der Waals surface area contributed by atoms with E-state index >= 15 is 0 Å². The summed E-state index contributed by atoms with van der Waals surface area (Å²) in [6.07, 6.45) is 5.32. The van der Waals surface area contributed by atoms with Gasteiger partial charge < -0.3 is 19.8 Å². The minimum atomic E-state index is -1.29. The molecular formula is C18H32CaF2O4. The van der Waals surface area contributed by atoms with E-state index in [1.165, 1.54) is 0 Å². The summed E-state index contributed by atoms with van der Waals surface area (Å²) in [6.45, 7) is 4.15. The molecule has 0 amide bonds. The molecular weight excluding hydrogens is 358 g/mol. The molecule has 7 heteroatoms. The topological polar surface area (TPSA) is 80.3 Å². The number of carboxylic acids is 2. The Balaban J connectivity index is -0.000000372. The standard InChI is InChI=1S/2C9H17FO2.Ca/c2*1-2-3-4-5-6-8(10)7-9(11)12;/h2*8H,2-7H2,1H3,(H,11,12);/q;;+2/p-2. The molecule has 0 aliphatic carbocycles. The number of alkyl halides is 2. The third-order valence-electron chi connectivity index (χ3n) is 3.52. The molecule has 0 bridgehead atoms. The van der Waals surface area contributed by atoms with Crippen LogP contribution in [0.25, 0.3) is 0 Å². The van der Waals surface area contributed by atoms with Crippen molar-refractivity contribution in [2.45, 2.75) is 103 Å². The van der Waals surface area contributed by atoms with Crippen molar-refractivity contribution < 1.29 is 28.6 Å². The first-order valence-electron chi connectivity index (χ1n) is 9.01. The van der Waals surface area contributed by atoms with E-state index in [1.54, 1.807) is 0 Å². The molecule has 0 saturated carbocycles. The molecule has 0 N–H and O–H groups in total. The number of unbranched alkanes of at least 4 members (excludes halogenated alkanes) is 6. The molecule has 2 atom stereocenters. The molecule has 0 aromatic rings. The molecule has 0 spiro atoms. The summed E-state index contributed by atoms with van der Waals surface area (Å²) in [5.74, 6) is -2.59. The van der Waals surface area contributed by atoms with Crippen LogP contribution in [-0.2, 0) is 9.59 Å². The second-order valence-corrected chi connectivity index (χ2v) is 6.05. The molecule has 25 heavy (non-hydrogen) atoms. The fourth-order valence-corrected chi connectivity index (χ4v) is 2.15. The van der Waals surface area contributed by atoms with Gasteiger partial charge in [-0.3, -0.25) is 0 Å². The van der Waals surface area contributed by atoms with Crippen molar-refractivity contribution in [3.8, 4) is 0 Å². The maximum absolute atomic E-state index is 12.7. The van der Waals surface area contributed by atoms with Crippen molar-refractivity contribution in [3.63, 3.8) is 0 Å². The van der Waals surface area contributed by atoms with Gasteiger partial charge in [-0.15, -0.1) is 0 Å². The van der Waals surface area contributed by atoms with Gasteiger partial charge in [0, 0.05) is 24.8 Å². The van der Waals surface area contributed by atoms with E-state index in [4.69, 9.17) is 0 Å². The summed E-state index contributed by atoms with van der Waals surface area (Å²) in [6, 6.07) is 0. The Labute approximate surface area is 180 Å². The molecule has 0 saturated heterocycles. The Bertz CT molecular complexity index is 287. The molecule has 2 unspecified atom stereocenters. The summed E-state index contributed by atoms with van der Waals surface area (Å²) < 4.78 is 25.3. The molecule has 0 heterocycles. The summed E-state index contributed by atoms with van der Waals surface area (Å²) in [7, 11) is 0. The zero-order valence-electron chi connectivity index (χ0n) is 15.7. The third kappa shape index (κ3) is 29.1. The van der Waals surface area contributed by atoms with Gasteiger partial charge in [-0.1, -0.05) is 65.2 Å². The van der Waals surface area contributed by atoms with Crippen molar-refractivity contribution in [3.05, 3.63) is 0 Å². The normalized spacial score (nSPS) is 12.3.